The minimum atomic E-state index is -0.179. The lowest BCUT2D eigenvalue weighted by atomic mass is 10.2. The number of nitrogens with zero attached hydrogens (tertiary/aromatic N) is 1. The summed E-state index contributed by atoms with van der Waals surface area (Å²) in [5.74, 6) is -0.179. The summed E-state index contributed by atoms with van der Waals surface area (Å²) < 4.78 is 2.69. The zero-order chi connectivity index (χ0) is 15.1. The van der Waals surface area contributed by atoms with Crippen LogP contribution in [0.5, 0.6) is 0 Å². The van der Waals surface area contributed by atoms with Crippen LogP contribution in [0.15, 0.2) is 30.7 Å². The molecule has 0 aliphatic carbocycles. The number of amides is 1. The number of nitrogens with one attached hydrogen (secondary N) is 2. The Bertz CT molecular complexity index is 495. The third-order valence-electron chi connectivity index (χ3n) is 2.42. The molecule has 0 aliphatic rings. The maximum atomic E-state index is 11.7. The molecule has 0 aliphatic heterocycles. The molecule has 0 spiro atoms. The molecular formula is C13H16Br3N3O. The second-order valence-corrected chi connectivity index (χ2v) is 6.85. The van der Waals surface area contributed by atoms with Crippen LogP contribution < -0.4 is 10.7 Å². The van der Waals surface area contributed by atoms with Crippen molar-refractivity contribution in [3.05, 3.63) is 25.6 Å². The largest absolute Gasteiger partial charge is 0.374 e. The maximum Gasteiger partial charge on any atom is 0.259 e. The first kappa shape index (κ1) is 17.7. The van der Waals surface area contributed by atoms with Crippen molar-refractivity contribution < 1.29 is 4.79 Å². The van der Waals surface area contributed by atoms with E-state index in [1.807, 2.05) is 19.1 Å². The molecule has 0 saturated carbocycles. The van der Waals surface area contributed by atoms with Gasteiger partial charge in [-0.15, -0.1) is 0 Å². The molecule has 0 saturated heterocycles. The van der Waals surface area contributed by atoms with Crippen LogP contribution in [-0.4, -0.2) is 18.2 Å². The van der Waals surface area contributed by atoms with Crippen LogP contribution in [-0.2, 0) is 4.79 Å². The highest BCUT2D eigenvalue weighted by Gasteiger charge is 2.08. The highest BCUT2D eigenvalue weighted by Crippen LogP contribution is 2.34. The number of anilines is 1. The predicted octanol–water partition coefficient (Wildman–Crippen LogP) is 4.68. The molecule has 7 heteroatoms. The van der Waals surface area contributed by atoms with Crippen molar-refractivity contribution in [1.29, 1.82) is 0 Å². The van der Waals surface area contributed by atoms with Crippen molar-refractivity contribution in [1.82, 2.24) is 5.43 Å². The molecule has 110 valence electrons. The lowest BCUT2D eigenvalue weighted by Crippen LogP contribution is -2.26. The summed E-state index contributed by atoms with van der Waals surface area (Å²) in [7, 11) is 0. The van der Waals surface area contributed by atoms with Crippen LogP contribution in [0, 0.1) is 0 Å². The Morgan fingerprint density at radius 3 is 2.40 bits per heavy atom. The van der Waals surface area contributed by atoms with Crippen molar-refractivity contribution in [3.8, 4) is 0 Å². The Morgan fingerprint density at radius 1 is 1.25 bits per heavy atom. The molecule has 0 radical (unpaired) electrons. The van der Waals surface area contributed by atoms with Gasteiger partial charge in [0.2, 0.25) is 0 Å². The Labute approximate surface area is 144 Å². The van der Waals surface area contributed by atoms with Gasteiger partial charge in [-0.05, 0) is 57.3 Å². The number of benzene rings is 1. The van der Waals surface area contributed by atoms with E-state index in [-0.39, 0.29) is 12.5 Å². The lowest BCUT2D eigenvalue weighted by Gasteiger charge is -2.10. The molecule has 4 nitrogen and oxygen atoms in total. The number of rotatable bonds is 6. The van der Waals surface area contributed by atoms with Gasteiger partial charge in [-0.3, -0.25) is 4.79 Å². The van der Waals surface area contributed by atoms with Gasteiger partial charge in [-0.1, -0.05) is 29.3 Å². The Hall–Kier alpha value is -0.400. The zero-order valence-electron chi connectivity index (χ0n) is 11.3. The minimum absolute atomic E-state index is 0.155. The lowest BCUT2D eigenvalue weighted by molar-refractivity contribution is -0.119. The molecule has 1 rings (SSSR count). The number of hydrogen-bond donors (Lipinski definition) is 2. The molecule has 1 aromatic rings. The van der Waals surface area contributed by atoms with Crippen molar-refractivity contribution in [3.63, 3.8) is 0 Å². The van der Waals surface area contributed by atoms with Crippen LogP contribution >= 0.6 is 47.8 Å². The van der Waals surface area contributed by atoms with E-state index < -0.39 is 0 Å². The van der Waals surface area contributed by atoms with Crippen LogP contribution in [0.25, 0.3) is 0 Å². The first-order valence-electron chi connectivity index (χ1n) is 6.14. The van der Waals surface area contributed by atoms with E-state index >= 15 is 0 Å². The van der Waals surface area contributed by atoms with Gasteiger partial charge in [0.1, 0.15) is 0 Å². The molecule has 0 heterocycles. The molecule has 20 heavy (non-hydrogen) atoms. The first-order chi connectivity index (χ1) is 9.43. The fourth-order valence-electron chi connectivity index (χ4n) is 1.49. The second kappa shape index (κ2) is 8.79. The fraction of sp³-hybridized carbons (Fsp3) is 0.385. The molecule has 0 bridgehead atoms. The van der Waals surface area contributed by atoms with Gasteiger partial charge in [0, 0.05) is 19.1 Å². The van der Waals surface area contributed by atoms with Gasteiger partial charge in [-0.2, -0.15) is 5.10 Å². The van der Waals surface area contributed by atoms with Gasteiger partial charge >= 0.3 is 0 Å². The highest BCUT2D eigenvalue weighted by molar-refractivity contribution is 9.11. The highest BCUT2D eigenvalue weighted by atomic mass is 79.9. The van der Waals surface area contributed by atoms with Crippen molar-refractivity contribution in [2.75, 3.05) is 11.9 Å². The van der Waals surface area contributed by atoms with Crippen LogP contribution in [0.4, 0.5) is 5.69 Å². The standard InChI is InChI=1S/C13H16Br3N3O/c1-3-4-8(2)18-19-12(20)7-17-13-10(15)5-9(14)6-11(13)16/h5-6,17H,3-4,7H2,1-2H3,(H,19,20)/b18-8-. The average molecular weight is 470 g/mol. The fourth-order valence-corrected chi connectivity index (χ4v) is 4.03. The molecule has 0 unspecified atom stereocenters. The van der Waals surface area contributed by atoms with Gasteiger partial charge in [0.15, 0.2) is 0 Å². The number of carbonyl (C=O) groups is 1. The molecule has 1 aromatic carbocycles. The smallest absolute Gasteiger partial charge is 0.259 e. The summed E-state index contributed by atoms with van der Waals surface area (Å²) in [5, 5.41) is 7.10. The number of hydrogen-bond acceptors (Lipinski definition) is 3. The van der Waals surface area contributed by atoms with Crippen LogP contribution in [0.2, 0.25) is 0 Å². The van der Waals surface area contributed by atoms with E-state index in [9.17, 15) is 4.79 Å². The SMILES string of the molecule is CCC/C(C)=N\NC(=O)CNc1c(Br)cc(Br)cc1Br. The summed E-state index contributed by atoms with van der Waals surface area (Å²) in [6.45, 7) is 4.13. The molecular weight excluding hydrogens is 454 g/mol. The Kier molecular flexibility index (Phi) is 7.76. The van der Waals surface area contributed by atoms with Crippen LogP contribution in [0.3, 0.4) is 0 Å². The van der Waals surface area contributed by atoms with Crippen molar-refractivity contribution in [2.24, 2.45) is 5.10 Å². The molecule has 0 aromatic heterocycles. The van der Waals surface area contributed by atoms with Crippen LogP contribution in [0.1, 0.15) is 26.7 Å². The third kappa shape index (κ3) is 5.93. The quantitative estimate of drug-likeness (QED) is 0.469. The van der Waals surface area contributed by atoms with Gasteiger partial charge in [0.05, 0.1) is 12.2 Å². The Morgan fingerprint density at radius 2 is 1.85 bits per heavy atom. The number of carbonyl (C=O) groups excluding carboxylic acids is 1. The molecule has 2 N–H and O–H groups in total. The summed E-state index contributed by atoms with van der Waals surface area (Å²) in [6.07, 6.45) is 1.90. The van der Waals surface area contributed by atoms with E-state index in [0.717, 1.165) is 37.7 Å². The summed E-state index contributed by atoms with van der Waals surface area (Å²) >= 11 is 10.3. The number of halogens is 3. The predicted molar refractivity (Wildman–Crippen MR) is 94.2 cm³/mol. The van der Waals surface area contributed by atoms with Gasteiger partial charge in [0.25, 0.3) is 5.91 Å². The Balaban J connectivity index is 2.56. The molecule has 0 fully saturated rings. The van der Waals surface area contributed by atoms with E-state index in [0.29, 0.717) is 0 Å². The van der Waals surface area contributed by atoms with Crippen molar-refractivity contribution >= 4 is 65.1 Å². The van der Waals surface area contributed by atoms with Gasteiger partial charge < -0.3 is 5.32 Å². The molecule has 0 atom stereocenters. The van der Waals surface area contributed by atoms with E-state index in [4.69, 9.17) is 0 Å². The summed E-state index contributed by atoms with van der Waals surface area (Å²) in [6, 6.07) is 3.82. The third-order valence-corrected chi connectivity index (χ3v) is 4.12. The summed E-state index contributed by atoms with van der Waals surface area (Å²) in [5.41, 5.74) is 4.29. The van der Waals surface area contributed by atoms with Crippen molar-refractivity contribution in [2.45, 2.75) is 26.7 Å². The van der Waals surface area contributed by atoms with E-state index in [1.165, 1.54) is 0 Å². The first-order valence-corrected chi connectivity index (χ1v) is 8.52. The number of hydrazone groups is 1. The zero-order valence-corrected chi connectivity index (χ0v) is 16.0. The second-order valence-electron chi connectivity index (χ2n) is 4.23. The van der Waals surface area contributed by atoms with Gasteiger partial charge in [-0.25, -0.2) is 5.43 Å². The average Bonchev–Trinajstić information content (AvgIpc) is 2.35. The topological polar surface area (TPSA) is 53.5 Å². The normalized spacial score (nSPS) is 11.3. The minimum Gasteiger partial charge on any atom is -0.374 e. The van der Waals surface area contributed by atoms with E-state index in [2.05, 4.69) is 70.6 Å². The molecule has 1 amide bonds. The summed E-state index contributed by atoms with van der Waals surface area (Å²) in [4.78, 5) is 11.7. The van der Waals surface area contributed by atoms with E-state index in [1.54, 1.807) is 0 Å². The maximum absolute atomic E-state index is 11.7. The monoisotopic (exact) mass is 467 g/mol.